The number of aliphatic hydroxyl groups is 1. The molecule has 1 atom stereocenters. The lowest BCUT2D eigenvalue weighted by Gasteiger charge is -2.10. The van der Waals surface area contributed by atoms with Crippen LogP contribution in [-0.4, -0.2) is 23.7 Å². The molecule has 4 heteroatoms. The van der Waals surface area contributed by atoms with E-state index in [2.05, 4.69) is 5.32 Å². The van der Waals surface area contributed by atoms with Crippen LogP contribution in [-0.2, 0) is 11.2 Å². The zero-order chi connectivity index (χ0) is 13.0. The zero-order valence-electron chi connectivity index (χ0n) is 10.2. The Kier molecular flexibility index (Phi) is 4.31. The molecule has 1 fully saturated rings. The van der Waals surface area contributed by atoms with Gasteiger partial charge in [-0.05, 0) is 42.9 Å². The standard InChI is InChI=1S/C14H18FNO2/c15-12-5-1-10(2-6-12)9-14(18)16-8-7-13(17)11-3-4-11/h1-2,5-6,11,13,17H,3-4,7-9H2,(H,16,18)/t13-/m0/s1. The van der Waals surface area contributed by atoms with Gasteiger partial charge in [-0.3, -0.25) is 4.79 Å². The van der Waals surface area contributed by atoms with Gasteiger partial charge in [-0.2, -0.15) is 0 Å². The van der Waals surface area contributed by atoms with Crippen molar-refractivity contribution in [3.63, 3.8) is 0 Å². The number of carbonyl (C=O) groups is 1. The van der Waals surface area contributed by atoms with Crippen LogP contribution in [0.1, 0.15) is 24.8 Å². The molecule has 0 aliphatic heterocycles. The zero-order valence-corrected chi connectivity index (χ0v) is 10.2. The summed E-state index contributed by atoms with van der Waals surface area (Å²) in [7, 11) is 0. The molecule has 1 aliphatic rings. The summed E-state index contributed by atoms with van der Waals surface area (Å²) in [5, 5.41) is 12.4. The smallest absolute Gasteiger partial charge is 0.224 e. The predicted octanol–water partition coefficient (Wildman–Crippen LogP) is 1.65. The number of carbonyl (C=O) groups excluding carboxylic acids is 1. The van der Waals surface area contributed by atoms with Gasteiger partial charge in [0.25, 0.3) is 0 Å². The number of nitrogens with one attached hydrogen (secondary N) is 1. The molecule has 0 aromatic heterocycles. The molecule has 0 unspecified atom stereocenters. The highest BCUT2D eigenvalue weighted by molar-refractivity contribution is 5.78. The van der Waals surface area contributed by atoms with Gasteiger partial charge in [-0.25, -0.2) is 4.39 Å². The Hall–Kier alpha value is -1.42. The summed E-state index contributed by atoms with van der Waals surface area (Å²) in [5.41, 5.74) is 0.789. The maximum Gasteiger partial charge on any atom is 0.224 e. The molecule has 0 saturated heterocycles. The van der Waals surface area contributed by atoms with E-state index in [1.807, 2.05) is 0 Å². The van der Waals surface area contributed by atoms with Crippen LogP contribution in [0, 0.1) is 11.7 Å². The quantitative estimate of drug-likeness (QED) is 0.807. The van der Waals surface area contributed by atoms with Gasteiger partial charge in [0.15, 0.2) is 0 Å². The summed E-state index contributed by atoms with van der Waals surface area (Å²) in [6.45, 7) is 0.498. The molecule has 98 valence electrons. The summed E-state index contributed by atoms with van der Waals surface area (Å²) < 4.78 is 12.7. The highest BCUT2D eigenvalue weighted by Gasteiger charge is 2.29. The Labute approximate surface area is 106 Å². The lowest BCUT2D eigenvalue weighted by atomic mass is 10.1. The maximum atomic E-state index is 12.7. The van der Waals surface area contributed by atoms with Gasteiger partial charge >= 0.3 is 0 Å². The number of aliphatic hydroxyl groups excluding tert-OH is 1. The van der Waals surface area contributed by atoms with E-state index in [1.54, 1.807) is 12.1 Å². The molecule has 2 N–H and O–H groups in total. The van der Waals surface area contributed by atoms with E-state index in [-0.39, 0.29) is 24.2 Å². The van der Waals surface area contributed by atoms with E-state index in [4.69, 9.17) is 0 Å². The SMILES string of the molecule is O=C(Cc1ccc(F)cc1)NCC[C@H](O)C1CC1. The molecular weight excluding hydrogens is 233 g/mol. The molecule has 2 rings (SSSR count). The normalized spacial score (nSPS) is 16.3. The Morgan fingerprint density at radius 3 is 2.67 bits per heavy atom. The van der Waals surface area contributed by atoms with Crippen molar-refractivity contribution < 1.29 is 14.3 Å². The van der Waals surface area contributed by atoms with Crippen LogP contribution in [0.25, 0.3) is 0 Å². The molecule has 3 nitrogen and oxygen atoms in total. The topological polar surface area (TPSA) is 49.3 Å². The predicted molar refractivity (Wildman–Crippen MR) is 66.5 cm³/mol. The Morgan fingerprint density at radius 1 is 1.39 bits per heavy atom. The van der Waals surface area contributed by atoms with Gasteiger partial charge in [-0.15, -0.1) is 0 Å². The van der Waals surface area contributed by atoms with Gasteiger partial charge in [0, 0.05) is 6.54 Å². The Morgan fingerprint density at radius 2 is 2.06 bits per heavy atom. The van der Waals surface area contributed by atoms with E-state index >= 15 is 0 Å². The molecule has 0 heterocycles. The Bertz CT molecular complexity index is 401. The largest absolute Gasteiger partial charge is 0.393 e. The highest BCUT2D eigenvalue weighted by Crippen LogP contribution is 2.33. The molecule has 1 aromatic carbocycles. The molecule has 1 aromatic rings. The molecule has 1 aliphatic carbocycles. The van der Waals surface area contributed by atoms with Crippen LogP contribution in [0.4, 0.5) is 4.39 Å². The fraction of sp³-hybridized carbons (Fsp3) is 0.500. The Balaban J connectivity index is 1.66. The van der Waals surface area contributed by atoms with Crippen molar-refractivity contribution in [3.05, 3.63) is 35.6 Å². The average Bonchev–Trinajstić information content (AvgIpc) is 3.16. The molecule has 1 amide bonds. The van der Waals surface area contributed by atoms with Crippen molar-refractivity contribution in [3.8, 4) is 0 Å². The molecule has 0 spiro atoms. The summed E-state index contributed by atoms with van der Waals surface area (Å²) in [6, 6.07) is 5.90. The van der Waals surface area contributed by atoms with Gasteiger partial charge in [0.05, 0.1) is 12.5 Å². The van der Waals surface area contributed by atoms with Gasteiger partial charge in [0.2, 0.25) is 5.91 Å². The number of hydrogen-bond donors (Lipinski definition) is 2. The van der Waals surface area contributed by atoms with Crippen molar-refractivity contribution in [2.45, 2.75) is 31.8 Å². The van der Waals surface area contributed by atoms with Crippen molar-refractivity contribution in [1.29, 1.82) is 0 Å². The first-order valence-corrected chi connectivity index (χ1v) is 6.34. The third-order valence-corrected chi connectivity index (χ3v) is 3.21. The number of amides is 1. The van der Waals surface area contributed by atoms with Crippen molar-refractivity contribution in [2.75, 3.05) is 6.54 Å². The third-order valence-electron chi connectivity index (χ3n) is 3.21. The van der Waals surface area contributed by atoms with Crippen LogP contribution in [0.3, 0.4) is 0 Å². The van der Waals surface area contributed by atoms with Gasteiger partial charge in [-0.1, -0.05) is 12.1 Å². The first-order valence-electron chi connectivity index (χ1n) is 6.34. The first kappa shape index (κ1) is 13.0. The molecule has 18 heavy (non-hydrogen) atoms. The van der Waals surface area contributed by atoms with E-state index in [9.17, 15) is 14.3 Å². The van der Waals surface area contributed by atoms with E-state index in [1.165, 1.54) is 12.1 Å². The molecule has 0 radical (unpaired) electrons. The number of hydrogen-bond acceptors (Lipinski definition) is 2. The number of rotatable bonds is 6. The summed E-state index contributed by atoms with van der Waals surface area (Å²) in [5.74, 6) is 0.0512. The average molecular weight is 251 g/mol. The molecular formula is C14H18FNO2. The highest BCUT2D eigenvalue weighted by atomic mass is 19.1. The molecule has 1 saturated carbocycles. The summed E-state index contributed by atoms with van der Waals surface area (Å²) in [4.78, 5) is 11.6. The lowest BCUT2D eigenvalue weighted by molar-refractivity contribution is -0.120. The van der Waals surface area contributed by atoms with Crippen molar-refractivity contribution >= 4 is 5.91 Å². The number of benzene rings is 1. The minimum atomic E-state index is -0.299. The first-order chi connectivity index (χ1) is 8.65. The second kappa shape index (κ2) is 5.96. The summed E-state index contributed by atoms with van der Waals surface area (Å²) >= 11 is 0. The second-order valence-corrected chi connectivity index (χ2v) is 4.85. The van der Waals surface area contributed by atoms with Gasteiger partial charge < -0.3 is 10.4 Å². The van der Waals surface area contributed by atoms with Crippen molar-refractivity contribution in [1.82, 2.24) is 5.32 Å². The fourth-order valence-electron chi connectivity index (χ4n) is 1.93. The van der Waals surface area contributed by atoms with Crippen LogP contribution >= 0.6 is 0 Å². The fourth-order valence-corrected chi connectivity index (χ4v) is 1.93. The van der Waals surface area contributed by atoms with E-state index < -0.39 is 0 Å². The van der Waals surface area contributed by atoms with Crippen LogP contribution in [0.5, 0.6) is 0 Å². The monoisotopic (exact) mass is 251 g/mol. The lowest BCUT2D eigenvalue weighted by Crippen LogP contribution is -2.28. The minimum absolute atomic E-state index is 0.0930. The van der Waals surface area contributed by atoms with Gasteiger partial charge in [0.1, 0.15) is 5.82 Å². The second-order valence-electron chi connectivity index (χ2n) is 4.85. The van der Waals surface area contributed by atoms with E-state index in [0.717, 1.165) is 18.4 Å². The van der Waals surface area contributed by atoms with E-state index in [0.29, 0.717) is 18.9 Å². The van der Waals surface area contributed by atoms with Crippen molar-refractivity contribution in [2.24, 2.45) is 5.92 Å². The van der Waals surface area contributed by atoms with Crippen LogP contribution in [0.2, 0.25) is 0 Å². The number of halogens is 1. The van der Waals surface area contributed by atoms with Crippen LogP contribution < -0.4 is 5.32 Å². The maximum absolute atomic E-state index is 12.7. The molecule has 0 bridgehead atoms. The third kappa shape index (κ3) is 4.11. The minimum Gasteiger partial charge on any atom is -0.393 e. The summed E-state index contributed by atoms with van der Waals surface area (Å²) in [6.07, 6.45) is 2.78. The van der Waals surface area contributed by atoms with Crippen LogP contribution in [0.15, 0.2) is 24.3 Å².